The highest BCUT2D eigenvalue weighted by Crippen LogP contribution is 2.35. The Labute approximate surface area is 170 Å². The first-order chi connectivity index (χ1) is 14.1. The van der Waals surface area contributed by atoms with Crippen molar-refractivity contribution in [3.05, 3.63) is 48.0 Å². The fourth-order valence-corrected chi connectivity index (χ4v) is 4.30. The van der Waals surface area contributed by atoms with Crippen LogP contribution in [0.2, 0.25) is 0 Å². The van der Waals surface area contributed by atoms with Crippen molar-refractivity contribution in [1.82, 2.24) is 25.3 Å². The zero-order valence-corrected chi connectivity index (χ0v) is 16.7. The van der Waals surface area contributed by atoms with Crippen molar-refractivity contribution in [2.24, 2.45) is 10.4 Å². The lowest BCUT2D eigenvalue weighted by Crippen LogP contribution is -2.51. The number of nitrogens with zero attached hydrogens (tertiary/aromatic N) is 4. The van der Waals surface area contributed by atoms with Crippen LogP contribution >= 0.6 is 0 Å². The van der Waals surface area contributed by atoms with Gasteiger partial charge in [-0.25, -0.2) is 9.07 Å². The summed E-state index contributed by atoms with van der Waals surface area (Å²) >= 11 is 0. The van der Waals surface area contributed by atoms with E-state index >= 15 is 0 Å². The molecule has 0 saturated carbocycles. The number of benzene rings is 1. The number of aromatic nitrogens is 2. The average Bonchev–Trinajstić information content (AvgIpc) is 3.33. The summed E-state index contributed by atoms with van der Waals surface area (Å²) in [7, 11) is 1.80. The Bertz CT molecular complexity index is 893. The molecule has 0 radical (unpaired) electrons. The molecule has 1 atom stereocenters. The number of carbonyl (C=O) groups excluding carboxylic acids is 1. The van der Waals surface area contributed by atoms with Crippen molar-refractivity contribution in [3.63, 3.8) is 0 Å². The minimum atomic E-state index is -0.256. The maximum absolute atomic E-state index is 13.1. The van der Waals surface area contributed by atoms with Crippen LogP contribution in [0.4, 0.5) is 4.39 Å². The van der Waals surface area contributed by atoms with Crippen molar-refractivity contribution >= 4 is 11.9 Å². The first kappa shape index (κ1) is 19.4. The van der Waals surface area contributed by atoms with Gasteiger partial charge in [-0.3, -0.25) is 9.79 Å². The molecule has 3 heterocycles. The summed E-state index contributed by atoms with van der Waals surface area (Å²) in [5.41, 5.74) is 1.83. The van der Waals surface area contributed by atoms with E-state index < -0.39 is 0 Å². The van der Waals surface area contributed by atoms with E-state index in [-0.39, 0.29) is 17.1 Å². The molecule has 154 valence electrons. The number of hydrogen-bond donors (Lipinski definition) is 2. The Kier molecular flexibility index (Phi) is 5.51. The zero-order chi connectivity index (χ0) is 20.3. The second kappa shape index (κ2) is 8.23. The van der Waals surface area contributed by atoms with Gasteiger partial charge < -0.3 is 15.5 Å². The highest BCUT2D eigenvalue weighted by molar-refractivity contribution is 5.81. The molecule has 4 rings (SSSR count). The van der Waals surface area contributed by atoms with Gasteiger partial charge in [0.05, 0.1) is 11.4 Å². The van der Waals surface area contributed by atoms with Crippen molar-refractivity contribution in [2.45, 2.75) is 25.7 Å². The van der Waals surface area contributed by atoms with Gasteiger partial charge >= 0.3 is 0 Å². The number of piperidine rings is 1. The molecule has 0 aliphatic carbocycles. The molecule has 1 spiro atoms. The van der Waals surface area contributed by atoms with Gasteiger partial charge in [0.25, 0.3) is 0 Å². The van der Waals surface area contributed by atoms with Crippen LogP contribution in [0.5, 0.6) is 0 Å². The number of rotatable bonds is 4. The summed E-state index contributed by atoms with van der Waals surface area (Å²) in [4.78, 5) is 18.4. The number of likely N-dealkylation sites (tertiary alicyclic amines) is 1. The minimum Gasteiger partial charge on any atom is -0.356 e. The molecule has 1 unspecified atom stereocenters. The zero-order valence-electron chi connectivity index (χ0n) is 16.7. The predicted molar refractivity (Wildman–Crippen MR) is 109 cm³/mol. The lowest BCUT2D eigenvalue weighted by Gasteiger charge is -2.40. The quantitative estimate of drug-likeness (QED) is 0.608. The van der Waals surface area contributed by atoms with Gasteiger partial charge in [0, 0.05) is 57.7 Å². The molecule has 2 aliphatic rings. The molecule has 7 nitrogen and oxygen atoms in total. The van der Waals surface area contributed by atoms with Crippen molar-refractivity contribution in [1.29, 1.82) is 0 Å². The maximum atomic E-state index is 13.1. The summed E-state index contributed by atoms with van der Waals surface area (Å²) in [6.45, 7) is 3.29. The third-order valence-corrected chi connectivity index (χ3v) is 5.77. The monoisotopic (exact) mass is 398 g/mol. The molecule has 1 amide bonds. The third-order valence-electron chi connectivity index (χ3n) is 5.77. The third kappa shape index (κ3) is 4.41. The van der Waals surface area contributed by atoms with E-state index in [1.54, 1.807) is 23.9 Å². The van der Waals surface area contributed by atoms with Crippen LogP contribution in [0.1, 0.15) is 25.0 Å². The number of halogens is 1. The van der Waals surface area contributed by atoms with Gasteiger partial charge in [0.2, 0.25) is 5.91 Å². The van der Waals surface area contributed by atoms with Gasteiger partial charge in [-0.1, -0.05) is 0 Å². The summed E-state index contributed by atoms with van der Waals surface area (Å²) in [5, 5.41) is 11.0. The minimum absolute atomic E-state index is 0.0425. The van der Waals surface area contributed by atoms with Crippen LogP contribution in [0.3, 0.4) is 0 Å². The van der Waals surface area contributed by atoms with Crippen LogP contribution in [-0.2, 0) is 11.2 Å². The topological polar surface area (TPSA) is 74.6 Å². The number of nitrogens with one attached hydrogen (secondary N) is 2. The molecular formula is C21H27FN6O. The fraction of sp³-hybridized carbons (Fsp3) is 0.476. The molecule has 1 aromatic carbocycles. The van der Waals surface area contributed by atoms with Gasteiger partial charge in [-0.2, -0.15) is 5.10 Å². The molecule has 1 aromatic heterocycles. The molecule has 2 aromatic rings. The van der Waals surface area contributed by atoms with Gasteiger partial charge in [0.15, 0.2) is 5.96 Å². The smallest absolute Gasteiger partial charge is 0.220 e. The molecular weight excluding hydrogens is 371 g/mol. The fourth-order valence-electron chi connectivity index (χ4n) is 4.30. The lowest BCUT2D eigenvalue weighted by molar-refractivity contribution is -0.119. The normalized spacial score (nSPS) is 22.2. The first-order valence-electron chi connectivity index (χ1n) is 10.1. The summed E-state index contributed by atoms with van der Waals surface area (Å²) < 4.78 is 14.8. The van der Waals surface area contributed by atoms with E-state index in [1.165, 1.54) is 12.1 Å². The summed E-state index contributed by atoms with van der Waals surface area (Å²) in [6.07, 6.45) is 5.40. The van der Waals surface area contributed by atoms with Gasteiger partial charge in [-0.15, -0.1) is 0 Å². The second-order valence-electron chi connectivity index (χ2n) is 7.93. The Morgan fingerprint density at radius 2 is 2.17 bits per heavy atom. The summed E-state index contributed by atoms with van der Waals surface area (Å²) in [5.74, 6) is 0.780. The van der Waals surface area contributed by atoms with Crippen LogP contribution in [0, 0.1) is 11.2 Å². The first-order valence-corrected chi connectivity index (χ1v) is 10.1. The maximum Gasteiger partial charge on any atom is 0.220 e. The molecule has 2 fully saturated rings. The Balaban J connectivity index is 1.31. The van der Waals surface area contributed by atoms with Crippen LogP contribution < -0.4 is 10.6 Å². The van der Waals surface area contributed by atoms with Crippen molar-refractivity contribution in [2.75, 3.05) is 33.2 Å². The Hall–Kier alpha value is -2.90. The number of guanidine groups is 1. The predicted octanol–water partition coefficient (Wildman–Crippen LogP) is 1.73. The van der Waals surface area contributed by atoms with Crippen molar-refractivity contribution in [3.8, 4) is 5.69 Å². The van der Waals surface area contributed by atoms with Crippen LogP contribution in [-0.4, -0.2) is 59.8 Å². The largest absolute Gasteiger partial charge is 0.356 e. The SMILES string of the molecule is CN=C(NCCc1ccn(-c2ccc(F)cc2)n1)N1CCCC2(CNC(=O)C2)C1. The molecule has 2 aliphatic heterocycles. The highest BCUT2D eigenvalue weighted by Gasteiger charge is 2.42. The molecule has 2 N–H and O–H groups in total. The highest BCUT2D eigenvalue weighted by atomic mass is 19.1. The van der Waals surface area contributed by atoms with Crippen LogP contribution in [0.15, 0.2) is 41.5 Å². The number of aliphatic imine (C=N–C) groups is 1. The van der Waals surface area contributed by atoms with Crippen LogP contribution in [0.25, 0.3) is 5.69 Å². The van der Waals surface area contributed by atoms with E-state index in [0.717, 1.165) is 56.2 Å². The average molecular weight is 398 g/mol. The molecule has 8 heteroatoms. The van der Waals surface area contributed by atoms with E-state index in [1.807, 2.05) is 12.3 Å². The van der Waals surface area contributed by atoms with E-state index in [9.17, 15) is 9.18 Å². The van der Waals surface area contributed by atoms with Gasteiger partial charge in [0.1, 0.15) is 5.82 Å². The van der Waals surface area contributed by atoms with E-state index in [4.69, 9.17) is 0 Å². The van der Waals surface area contributed by atoms with Gasteiger partial charge in [-0.05, 0) is 43.2 Å². The number of hydrogen-bond acceptors (Lipinski definition) is 3. The molecule has 0 bridgehead atoms. The lowest BCUT2D eigenvalue weighted by atomic mass is 9.79. The van der Waals surface area contributed by atoms with E-state index in [2.05, 4.69) is 25.6 Å². The molecule has 2 saturated heterocycles. The second-order valence-corrected chi connectivity index (χ2v) is 7.93. The Morgan fingerprint density at radius 3 is 2.90 bits per heavy atom. The number of amides is 1. The standard InChI is InChI=1S/C21H27FN6O/c1-23-20(27-11-2-9-21(15-27)13-19(29)25-14-21)24-10-7-17-8-12-28(26-17)18-5-3-16(22)4-6-18/h3-6,8,12H,2,7,9-11,13-15H2,1H3,(H,23,24)(H,25,29). The van der Waals surface area contributed by atoms with E-state index in [0.29, 0.717) is 13.0 Å². The summed E-state index contributed by atoms with van der Waals surface area (Å²) in [6, 6.07) is 8.25. The molecule has 29 heavy (non-hydrogen) atoms. The Morgan fingerprint density at radius 1 is 1.34 bits per heavy atom. The number of carbonyl (C=O) groups is 1. The van der Waals surface area contributed by atoms with Crippen molar-refractivity contribution < 1.29 is 9.18 Å².